The van der Waals surface area contributed by atoms with Crippen molar-refractivity contribution in [2.45, 2.75) is 13.5 Å². The lowest BCUT2D eigenvalue weighted by Gasteiger charge is -2.15. The Morgan fingerprint density at radius 2 is 2.06 bits per heavy atom. The second kappa shape index (κ2) is 5.95. The number of carbonyl (C=O) groups is 2. The van der Waals surface area contributed by atoms with Crippen molar-refractivity contribution in [1.29, 1.82) is 0 Å². The zero-order chi connectivity index (χ0) is 13.7. The summed E-state index contributed by atoms with van der Waals surface area (Å²) in [5.41, 5.74) is 1.29. The minimum Gasteiger partial charge on any atom is -0.478 e. The fraction of sp³-hybridized carbons (Fsp3) is 0.231. The smallest absolute Gasteiger partial charge is 0.328 e. The summed E-state index contributed by atoms with van der Waals surface area (Å²) < 4.78 is 13.0. The summed E-state index contributed by atoms with van der Waals surface area (Å²) in [6.45, 7) is 1.94. The van der Waals surface area contributed by atoms with Crippen LogP contribution in [-0.4, -0.2) is 28.9 Å². The minimum absolute atomic E-state index is 0.293. The van der Waals surface area contributed by atoms with Crippen molar-refractivity contribution >= 4 is 11.9 Å². The minimum atomic E-state index is -1.17. The molecular formula is C13H14FNO3. The summed E-state index contributed by atoms with van der Waals surface area (Å²) in [7, 11) is 1.55. The molecule has 5 heteroatoms. The van der Waals surface area contributed by atoms with Gasteiger partial charge < -0.3 is 10.0 Å². The first-order valence-corrected chi connectivity index (χ1v) is 5.31. The van der Waals surface area contributed by atoms with E-state index in [4.69, 9.17) is 5.11 Å². The predicted molar refractivity (Wildman–Crippen MR) is 64.4 cm³/mol. The molecule has 1 aromatic carbocycles. The van der Waals surface area contributed by atoms with Gasteiger partial charge in [-0.15, -0.1) is 0 Å². The molecule has 1 aromatic rings. The maximum atomic E-state index is 13.0. The molecule has 0 spiro atoms. The molecule has 0 aliphatic rings. The highest BCUT2D eigenvalue weighted by atomic mass is 19.1. The molecule has 18 heavy (non-hydrogen) atoms. The number of carboxylic acids is 1. The van der Waals surface area contributed by atoms with Crippen LogP contribution in [0.2, 0.25) is 0 Å². The van der Waals surface area contributed by atoms with E-state index in [0.29, 0.717) is 12.1 Å². The Morgan fingerprint density at radius 1 is 1.39 bits per heavy atom. The van der Waals surface area contributed by atoms with Gasteiger partial charge in [0.25, 0.3) is 0 Å². The third-order valence-electron chi connectivity index (χ3n) is 2.39. The summed E-state index contributed by atoms with van der Waals surface area (Å²) >= 11 is 0. The van der Waals surface area contributed by atoms with Crippen molar-refractivity contribution in [1.82, 2.24) is 4.90 Å². The Balaban J connectivity index is 2.69. The third-order valence-corrected chi connectivity index (χ3v) is 2.39. The normalized spacial score (nSPS) is 10.6. The zero-order valence-corrected chi connectivity index (χ0v) is 10.2. The fourth-order valence-electron chi connectivity index (χ4n) is 1.43. The molecule has 0 saturated carbocycles. The molecule has 4 nitrogen and oxygen atoms in total. The monoisotopic (exact) mass is 251 g/mol. The molecule has 1 rings (SSSR count). The van der Waals surface area contributed by atoms with E-state index in [1.54, 1.807) is 26.1 Å². The highest BCUT2D eigenvalue weighted by molar-refractivity contribution is 5.93. The van der Waals surface area contributed by atoms with Gasteiger partial charge in [-0.2, -0.15) is 0 Å². The third kappa shape index (κ3) is 4.01. The second-order valence-electron chi connectivity index (χ2n) is 3.95. The van der Waals surface area contributed by atoms with Crippen molar-refractivity contribution in [2.24, 2.45) is 0 Å². The van der Waals surface area contributed by atoms with Crippen LogP contribution in [0, 0.1) is 12.7 Å². The lowest BCUT2D eigenvalue weighted by molar-refractivity contribution is -0.132. The predicted octanol–water partition coefficient (Wildman–Crippen LogP) is 1.73. The van der Waals surface area contributed by atoms with E-state index in [9.17, 15) is 14.0 Å². The topological polar surface area (TPSA) is 57.6 Å². The molecule has 0 unspecified atom stereocenters. The molecule has 0 radical (unpaired) electrons. The largest absolute Gasteiger partial charge is 0.478 e. The van der Waals surface area contributed by atoms with Crippen LogP contribution in [0.1, 0.15) is 11.1 Å². The van der Waals surface area contributed by atoms with Crippen molar-refractivity contribution in [3.63, 3.8) is 0 Å². The van der Waals surface area contributed by atoms with Crippen LogP contribution in [0.3, 0.4) is 0 Å². The number of nitrogens with zero attached hydrogens (tertiary/aromatic N) is 1. The van der Waals surface area contributed by atoms with Crippen LogP contribution in [0.15, 0.2) is 30.4 Å². The van der Waals surface area contributed by atoms with Gasteiger partial charge in [-0.1, -0.05) is 12.1 Å². The Bertz CT molecular complexity index is 497. The summed E-state index contributed by atoms with van der Waals surface area (Å²) in [4.78, 5) is 23.1. The lowest BCUT2D eigenvalue weighted by Crippen LogP contribution is -2.24. The average Bonchev–Trinajstić information content (AvgIpc) is 2.30. The Morgan fingerprint density at radius 3 is 2.61 bits per heavy atom. The standard InChI is InChI=1S/C13H14FNO3/c1-9-7-10(3-4-11(9)14)8-15(2)12(16)5-6-13(17)18/h3-7H,8H2,1-2H3,(H,17,18)/b6-5+. The second-order valence-corrected chi connectivity index (χ2v) is 3.95. The number of halogens is 1. The average molecular weight is 251 g/mol. The molecule has 1 N–H and O–H groups in total. The number of likely N-dealkylation sites (N-methyl/N-ethyl adjacent to an activating group) is 1. The number of benzene rings is 1. The van der Waals surface area contributed by atoms with Gasteiger partial charge in [0, 0.05) is 25.7 Å². The van der Waals surface area contributed by atoms with Gasteiger partial charge in [0.15, 0.2) is 0 Å². The van der Waals surface area contributed by atoms with Crippen molar-refractivity contribution in [3.8, 4) is 0 Å². The quantitative estimate of drug-likeness (QED) is 0.829. The molecule has 0 heterocycles. The summed E-state index contributed by atoms with van der Waals surface area (Å²) in [6, 6.07) is 4.59. The first-order chi connectivity index (χ1) is 8.40. The molecular weight excluding hydrogens is 237 g/mol. The Kier molecular flexibility index (Phi) is 4.59. The van der Waals surface area contributed by atoms with E-state index in [2.05, 4.69) is 0 Å². The highest BCUT2D eigenvalue weighted by Gasteiger charge is 2.07. The molecule has 1 amide bonds. The van der Waals surface area contributed by atoms with Gasteiger partial charge in [0.1, 0.15) is 5.82 Å². The van der Waals surface area contributed by atoms with Crippen LogP contribution < -0.4 is 0 Å². The number of rotatable bonds is 4. The van der Waals surface area contributed by atoms with Gasteiger partial charge in [0.05, 0.1) is 0 Å². The zero-order valence-electron chi connectivity index (χ0n) is 10.2. The van der Waals surface area contributed by atoms with E-state index in [0.717, 1.165) is 17.7 Å². The van der Waals surface area contributed by atoms with E-state index in [-0.39, 0.29) is 5.82 Å². The maximum Gasteiger partial charge on any atom is 0.328 e. The van der Waals surface area contributed by atoms with Crippen molar-refractivity contribution < 1.29 is 19.1 Å². The number of amides is 1. The van der Waals surface area contributed by atoms with Crippen LogP contribution in [0.4, 0.5) is 4.39 Å². The molecule has 0 aliphatic carbocycles. The molecule has 0 atom stereocenters. The molecule has 0 bridgehead atoms. The van der Waals surface area contributed by atoms with Gasteiger partial charge in [-0.05, 0) is 24.1 Å². The summed E-state index contributed by atoms with van der Waals surface area (Å²) in [6.07, 6.45) is 1.77. The number of hydrogen-bond acceptors (Lipinski definition) is 2. The van der Waals surface area contributed by atoms with Crippen LogP contribution >= 0.6 is 0 Å². The van der Waals surface area contributed by atoms with E-state index >= 15 is 0 Å². The number of aliphatic carboxylic acids is 1. The SMILES string of the molecule is Cc1cc(CN(C)C(=O)/C=C/C(=O)O)ccc1F. The van der Waals surface area contributed by atoms with Crippen LogP contribution in [-0.2, 0) is 16.1 Å². The Labute approximate surface area is 104 Å². The molecule has 0 fully saturated rings. The lowest BCUT2D eigenvalue weighted by atomic mass is 10.1. The first-order valence-electron chi connectivity index (χ1n) is 5.31. The summed E-state index contributed by atoms with van der Waals surface area (Å²) in [5, 5.41) is 8.40. The van der Waals surface area contributed by atoms with Gasteiger partial charge in [-0.25, -0.2) is 9.18 Å². The molecule has 96 valence electrons. The van der Waals surface area contributed by atoms with Crippen molar-refractivity contribution in [2.75, 3.05) is 7.05 Å². The van der Waals surface area contributed by atoms with Gasteiger partial charge in [0.2, 0.25) is 5.91 Å². The highest BCUT2D eigenvalue weighted by Crippen LogP contribution is 2.11. The number of aryl methyl sites for hydroxylation is 1. The number of hydrogen-bond donors (Lipinski definition) is 1. The van der Waals surface area contributed by atoms with E-state index in [1.165, 1.54) is 11.0 Å². The first kappa shape index (κ1) is 13.9. The van der Waals surface area contributed by atoms with E-state index < -0.39 is 11.9 Å². The number of carbonyl (C=O) groups excluding carboxylic acids is 1. The van der Waals surface area contributed by atoms with E-state index in [1.807, 2.05) is 0 Å². The van der Waals surface area contributed by atoms with Crippen LogP contribution in [0.25, 0.3) is 0 Å². The number of carboxylic acid groups (broad SMARTS) is 1. The van der Waals surface area contributed by atoms with Gasteiger partial charge >= 0.3 is 5.97 Å². The van der Waals surface area contributed by atoms with Gasteiger partial charge in [-0.3, -0.25) is 4.79 Å². The molecule has 0 aromatic heterocycles. The van der Waals surface area contributed by atoms with Crippen LogP contribution in [0.5, 0.6) is 0 Å². The van der Waals surface area contributed by atoms with Crippen molar-refractivity contribution in [3.05, 3.63) is 47.3 Å². The molecule has 0 aliphatic heterocycles. The Hall–Kier alpha value is -2.17. The fourth-order valence-corrected chi connectivity index (χ4v) is 1.43. The summed E-state index contributed by atoms with van der Waals surface area (Å²) in [5.74, 6) is -1.88. The molecule has 0 saturated heterocycles. The maximum absolute atomic E-state index is 13.0.